The molecule has 0 radical (unpaired) electrons. The smallest absolute Gasteiger partial charge is 0.306 e. The molecule has 0 spiro atoms. The van der Waals surface area contributed by atoms with Crippen LogP contribution in [-0.2, 0) is 29.0 Å². The van der Waals surface area contributed by atoms with E-state index >= 15 is 0 Å². The van der Waals surface area contributed by atoms with Crippen LogP contribution in [0.15, 0.2) is 45.6 Å². The van der Waals surface area contributed by atoms with Gasteiger partial charge >= 0.3 is 5.97 Å². The number of nitrogens with zero attached hydrogens (tertiary/aromatic N) is 1. The van der Waals surface area contributed by atoms with E-state index in [1.54, 1.807) is 32.4 Å². The summed E-state index contributed by atoms with van der Waals surface area (Å²) in [7, 11) is 4.49. The van der Waals surface area contributed by atoms with Gasteiger partial charge < -0.3 is 33.2 Å². The summed E-state index contributed by atoms with van der Waals surface area (Å²) < 4.78 is 32.7. The van der Waals surface area contributed by atoms with Gasteiger partial charge in [-0.2, -0.15) is 0 Å². The van der Waals surface area contributed by atoms with E-state index in [1.165, 1.54) is 18.7 Å². The quantitative estimate of drug-likeness (QED) is 0.441. The Morgan fingerprint density at radius 3 is 2.50 bits per heavy atom. The molecule has 0 saturated heterocycles. The van der Waals surface area contributed by atoms with Crippen molar-refractivity contribution in [2.45, 2.75) is 31.8 Å². The van der Waals surface area contributed by atoms with Crippen LogP contribution in [0.2, 0.25) is 0 Å². The van der Waals surface area contributed by atoms with Crippen molar-refractivity contribution in [3.63, 3.8) is 0 Å². The van der Waals surface area contributed by atoms with Crippen LogP contribution in [0.3, 0.4) is 0 Å². The number of carbonyl (C=O) groups excluding carboxylic acids is 1. The number of rotatable bonds is 8. The molecular weight excluding hydrogens is 494 g/mol. The molecule has 2 aromatic carbocycles. The zero-order valence-corrected chi connectivity index (χ0v) is 21.4. The highest BCUT2D eigenvalue weighted by Gasteiger charge is 2.29. The molecule has 3 heterocycles. The third-order valence-electron chi connectivity index (χ3n) is 6.89. The Kier molecular flexibility index (Phi) is 7.15. The molecule has 1 atom stereocenters. The molecule has 1 aromatic heterocycles. The average Bonchev–Trinajstić information content (AvgIpc) is 3.40. The van der Waals surface area contributed by atoms with Gasteiger partial charge in [0.15, 0.2) is 28.8 Å². The lowest BCUT2D eigenvalue weighted by Gasteiger charge is -2.29. The summed E-state index contributed by atoms with van der Waals surface area (Å²) in [5.74, 6) is 0.971. The zero-order chi connectivity index (χ0) is 26.8. The lowest BCUT2D eigenvalue weighted by atomic mass is 9.92. The van der Waals surface area contributed by atoms with Crippen LogP contribution in [0.5, 0.6) is 28.7 Å². The summed E-state index contributed by atoms with van der Waals surface area (Å²) in [6.07, 6.45) is 0.641. The van der Waals surface area contributed by atoms with Crippen molar-refractivity contribution in [3.8, 4) is 28.7 Å². The van der Waals surface area contributed by atoms with Crippen LogP contribution in [-0.4, -0.2) is 50.6 Å². The van der Waals surface area contributed by atoms with Gasteiger partial charge in [0.25, 0.3) is 0 Å². The van der Waals surface area contributed by atoms with Gasteiger partial charge in [-0.15, -0.1) is 0 Å². The fourth-order valence-corrected chi connectivity index (χ4v) is 4.91. The molecule has 0 saturated carbocycles. The van der Waals surface area contributed by atoms with Crippen LogP contribution in [0.25, 0.3) is 0 Å². The number of methoxy groups -OCH3 is 3. The highest BCUT2D eigenvalue weighted by molar-refractivity contribution is 5.71. The van der Waals surface area contributed by atoms with Gasteiger partial charge in [0, 0.05) is 19.2 Å². The summed E-state index contributed by atoms with van der Waals surface area (Å²) >= 11 is 0. The maximum atomic E-state index is 12.8. The topological polar surface area (TPSA) is 117 Å². The molecule has 200 valence electrons. The minimum atomic E-state index is -0.775. The largest absolute Gasteiger partial charge is 0.502 e. The highest BCUT2D eigenvalue weighted by Crippen LogP contribution is 2.40. The minimum Gasteiger partial charge on any atom is -0.502 e. The summed E-state index contributed by atoms with van der Waals surface area (Å²) in [4.78, 5) is 27.3. The molecular formula is C28H29NO9. The fourth-order valence-electron chi connectivity index (χ4n) is 4.91. The first-order chi connectivity index (χ1) is 18.4. The third kappa shape index (κ3) is 4.99. The van der Waals surface area contributed by atoms with Crippen LogP contribution in [0.4, 0.5) is 0 Å². The summed E-state index contributed by atoms with van der Waals surface area (Å²) in [5.41, 5.74) is 2.30. The van der Waals surface area contributed by atoms with Crippen LogP contribution < -0.4 is 24.4 Å². The Labute approximate surface area is 219 Å². The number of hydrogen-bond donors (Lipinski definition) is 1. The first-order valence-electron chi connectivity index (χ1n) is 12.2. The Morgan fingerprint density at radius 2 is 1.76 bits per heavy atom. The van der Waals surface area contributed by atoms with Crippen molar-refractivity contribution < 1.29 is 38.0 Å². The van der Waals surface area contributed by atoms with Gasteiger partial charge in [-0.3, -0.25) is 14.5 Å². The molecule has 2 aliphatic heterocycles. The van der Waals surface area contributed by atoms with Gasteiger partial charge in [-0.25, -0.2) is 0 Å². The van der Waals surface area contributed by atoms with E-state index in [0.29, 0.717) is 47.4 Å². The van der Waals surface area contributed by atoms with Gasteiger partial charge in [0.05, 0.1) is 40.2 Å². The molecule has 10 nitrogen and oxygen atoms in total. The molecule has 0 aliphatic carbocycles. The number of hydrogen-bond acceptors (Lipinski definition) is 10. The van der Waals surface area contributed by atoms with Crippen LogP contribution >= 0.6 is 0 Å². The van der Waals surface area contributed by atoms with Crippen molar-refractivity contribution in [2.24, 2.45) is 0 Å². The maximum absolute atomic E-state index is 12.8. The van der Waals surface area contributed by atoms with Gasteiger partial charge in [0.1, 0.15) is 5.76 Å². The molecule has 5 rings (SSSR count). The zero-order valence-electron chi connectivity index (χ0n) is 21.4. The Balaban J connectivity index is 1.45. The number of esters is 1. The molecule has 10 heteroatoms. The average molecular weight is 524 g/mol. The van der Waals surface area contributed by atoms with Gasteiger partial charge in [-0.05, 0) is 47.4 Å². The molecule has 3 aromatic rings. The highest BCUT2D eigenvalue weighted by atomic mass is 16.7. The van der Waals surface area contributed by atoms with Crippen molar-refractivity contribution in [3.05, 3.63) is 74.8 Å². The minimum absolute atomic E-state index is 0.000537. The van der Waals surface area contributed by atoms with Gasteiger partial charge in [0.2, 0.25) is 18.0 Å². The van der Waals surface area contributed by atoms with Crippen molar-refractivity contribution in [1.29, 1.82) is 0 Å². The van der Waals surface area contributed by atoms with Crippen molar-refractivity contribution in [2.75, 3.05) is 34.7 Å². The third-order valence-corrected chi connectivity index (χ3v) is 6.89. The number of aromatic hydroxyl groups is 1. The van der Waals surface area contributed by atoms with Crippen molar-refractivity contribution >= 4 is 5.97 Å². The molecule has 0 unspecified atom stereocenters. The predicted octanol–water partition coefficient (Wildman–Crippen LogP) is 3.34. The van der Waals surface area contributed by atoms with E-state index in [1.807, 2.05) is 12.1 Å². The Bertz CT molecular complexity index is 1410. The summed E-state index contributed by atoms with van der Waals surface area (Å²) in [6, 6.07) is 10.4. The van der Waals surface area contributed by atoms with Gasteiger partial charge in [-0.1, -0.05) is 6.07 Å². The van der Waals surface area contributed by atoms with E-state index in [9.17, 15) is 14.7 Å². The second-order valence-corrected chi connectivity index (χ2v) is 9.17. The second kappa shape index (κ2) is 10.7. The molecule has 0 bridgehead atoms. The standard InChI is InChI=1S/C28H29NO9/c1-33-23-8-16-6-7-29(13-18(16)10-24(23)34-2)14-19-11-21(30)27(32)28(38-19)20(12-26(31)35-3)17-4-5-22-25(9-17)37-15-36-22/h4-5,8-11,20,32H,6-7,12-15H2,1-3H3/t20-/m1/s1. The number of benzene rings is 2. The van der Waals surface area contributed by atoms with Crippen LogP contribution in [0, 0.1) is 0 Å². The molecule has 38 heavy (non-hydrogen) atoms. The first-order valence-corrected chi connectivity index (χ1v) is 12.2. The Hall–Kier alpha value is -4.18. The fraction of sp³-hybridized carbons (Fsp3) is 0.357. The summed E-state index contributed by atoms with van der Waals surface area (Å²) in [6.45, 7) is 1.77. The van der Waals surface area contributed by atoms with Crippen molar-refractivity contribution in [1.82, 2.24) is 4.90 Å². The molecule has 2 aliphatic rings. The van der Waals surface area contributed by atoms with E-state index in [-0.39, 0.29) is 19.0 Å². The lowest BCUT2D eigenvalue weighted by Crippen LogP contribution is -2.30. The number of ether oxygens (including phenoxy) is 5. The first kappa shape index (κ1) is 25.5. The lowest BCUT2D eigenvalue weighted by molar-refractivity contribution is -0.140. The van der Waals surface area contributed by atoms with E-state index in [0.717, 1.165) is 18.5 Å². The normalized spacial score (nSPS) is 15.0. The summed E-state index contributed by atoms with van der Waals surface area (Å²) in [5, 5.41) is 10.7. The maximum Gasteiger partial charge on any atom is 0.306 e. The Morgan fingerprint density at radius 1 is 1.03 bits per heavy atom. The molecule has 0 fully saturated rings. The second-order valence-electron chi connectivity index (χ2n) is 9.17. The van der Waals surface area contributed by atoms with E-state index < -0.39 is 23.1 Å². The van der Waals surface area contributed by atoms with E-state index in [2.05, 4.69) is 4.90 Å². The monoisotopic (exact) mass is 523 g/mol. The number of fused-ring (bicyclic) bond motifs is 2. The SMILES string of the molecule is COC(=O)C[C@H](c1ccc2c(c1)OCO2)c1oc(CN2CCc3cc(OC)c(OC)cc3C2)cc(=O)c1O. The molecule has 0 amide bonds. The van der Waals surface area contributed by atoms with Crippen LogP contribution in [0.1, 0.15) is 40.5 Å². The predicted molar refractivity (Wildman–Crippen MR) is 135 cm³/mol. The number of carbonyl (C=O) groups is 1. The van der Waals surface area contributed by atoms with E-state index in [4.69, 9.17) is 28.1 Å². The molecule has 1 N–H and O–H groups in total.